The van der Waals surface area contributed by atoms with Crippen LogP contribution in [0.3, 0.4) is 0 Å². The lowest BCUT2D eigenvalue weighted by Gasteiger charge is -2.33. The molecule has 6 heteroatoms. The number of piperidine rings is 1. The van der Waals surface area contributed by atoms with Crippen LogP contribution in [0.5, 0.6) is 0 Å². The number of carbonyl (C=O) groups excluding carboxylic acids is 2. The van der Waals surface area contributed by atoms with Crippen LogP contribution in [0.1, 0.15) is 62.2 Å². The van der Waals surface area contributed by atoms with Crippen LogP contribution in [0.25, 0.3) is 0 Å². The monoisotopic (exact) mass is 401 g/mol. The summed E-state index contributed by atoms with van der Waals surface area (Å²) in [7, 11) is 1.66. The minimum atomic E-state index is -0.0910. The Kier molecular flexibility index (Phi) is 7.92. The Labute approximate surface area is 174 Å². The molecule has 1 heterocycles. The summed E-state index contributed by atoms with van der Waals surface area (Å²) in [5.74, 6) is 0.812. The molecule has 0 unspecified atom stereocenters. The number of methoxy groups -OCH3 is 1. The SMILES string of the molecule is COCCCNC(=O)c1cc(NC(=O)C2CCCC2)ccc1N1CCC(C)CC1. The first kappa shape index (κ1) is 21.6. The highest BCUT2D eigenvalue weighted by atomic mass is 16.5. The van der Waals surface area contributed by atoms with Crippen LogP contribution in [-0.2, 0) is 9.53 Å². The molecule has 2 amide bonds. The molecule has 3 rings (SSSR count). The summed E-state index contributed by atoms with van der Waals surface area (Å²) in [6.07, 6.45) is 7.21. The number of hydrogen-bond donors (Lipinski definition) is 2. The zero-order chi connectivity index (χ0) is 20.6. The lowest BCUT2D eigenvalue weighted by molar-refractivity contribution is -0.119. The van der Waals surface area contributed by atoms with Crippen molar-refractivity contribution in [3.8, 4) is 0 Å². The minimum Gasteiger partial charge on any atom is -0.385 e. The van der Waals surface area contributed by atoms with Crippen molar-refractivity contribution >= 4 is 23.2 Å². The van der Waals surface area contributed by atoms with Gasteiger partial charge in [-0.25, -0.2) is 0 Å². The van der Waals surface area contributed by atoms with Gasteiger partial charge in [-0.1, -0.05) is 19.8 Å². The number of hydrogen-bond acceptors (Lipinski definition) is 4. The van der Waals surface area contributed by atoms with E-state index in [1.54, 1.807) is 7.11 Å². The van der Waals surface area contributed by atoms with Crippen LogP contribution in [-0.4, -0.2) is 45.2 Å². The second-order valence-corrected chi connectivity index (χ2v) is 8.47. The molecule has 1 aliphatic heterocycles. The molecule has 0 atom stereocenters. The maximum Gasteiger partial charge on any atom is 0.253 e. The minimum absolute atomic E-state index is 0.0773. The van der Waals surface area contributed by atoms with Crippen LogP contribution in [0.15, 0.2) is 18.2 Å². The molecule has 6 nitrogen and oxygen atoms in total. The number of benzene rings is 1. The van der Waals surface area contributed by atoms with E-state index in [1.165, 1.54) is 0 Å². The van der Waals surface area contributed by atoms with Crippen LogP contribution < -0.4 is 15.5 Å². The van der Waals surface area contributed by atoms with Crippen molar-refractivity contribution in [2.75, 3.05) is 43.6 Å². The Hall–Kier alpha value is -2.08. The predicted octanol–water partition coefficient (Wildman–Crippen LogP) is 3.82. The van der Waals surface area contributed by atoms with Crippen LogP contribution >= 0.6 is 0 Å². The normalized spacial score (nSPS) is 18.1. The second-order valence-electron chi connectivity index (χ2n) is 8.47. The standard InChI is InChI=1S/C23H35N3O3/c1-17-10-13-26(14-11-17)21-9-8-19(25-22(27)18-6-3-4-7-18)16-20(21)23(28)24-12-5-15-29-2/h8-9,16-18H,3-7,10-15H2,1-2H3,(H,24,28)(H,25,27). The molecule has 2 aliphatic rings. The maximum atomic E-state index is 12.9. The van der Waals surface area contributed by atoms with Gasteiger partial charge in [0.25, 0.3) is 5.91 Å². The number of ether oxygens (including phenoxy) is 1. The summed E-state index contributed by atoms with van der Waals surface area (Å²) < 4.78 is 5.06. The number of anilines is 2. The van der Waals surface area contributed by atoms with Crippen molar-refractivity contribution in [2.24, 2.45) is 11.8 Å². The quantitative estimate of drug-likeness (QED) is 0.650. The molecule has 0 aromatic heterocycles. The average molecular weight is 402 g/mol. The van der Waals surface area contributed by atoms with Gasteiger partial charge in [0.2, 0.25) is 5.91 Å². The zero-order valence-corrected chi connectivity index (χ0v) is 17.8. The van der Waals surface area contributed by atoms with E-state index in [1.807, 2.05) is 18.2 Å². The van der Waals surface area contributed by atoms with Gasteiger partial charge < -0.3 is 20.3 Å². The third kappa shape index (κ3) is 5.95. The molecule has 160 valence electrons. The number of rotatable bonds is 8. The first-order valence-electron chi connectivity index (χ1n) is 11.1. The summed E-state index contributed by atoms with van der Waals surface area (Å²) in [4.78, 5) is 27.8. The van der Waals surface area contributed by atoms with Crippen molar-refractivity contribution < 1.29 is 14.3 Å². The van der Waals surface area contributed by atoms with Gasteiger partial charge in [-0.05, 0) is 56.2 Å². The topological polar surface area (TPSA) is 70.7 Å². The molecule has 0 spiro atoms. The Balaban J connectivity index is 1.75. The van der Waals surface area contributed by atoms with E-state index < -0.39 is 0 Å². The van der Waals surface area contributed by atoms with Crippen LogP contribution in [0, 0.1) is 11.8 Å². The lowest BCUT2D eigenvalue weighted by Crippen LogP contribution is -2.35. The van der Waals surface area contributed by atoms with E-state index in [2.05, 4.69) is 22.5 Å². The molecule has 29 heavy (non-hydrogen) atoms. The molecular formula is C23H35N3O3. The zero-order valence-electron chi connectivity index (χ0n) is 17.8. The molecular weight excluding hydrogens is 366 g/mol. The highest BCUT2D eigenvalue weighted by Crippen LogP contribution is 2.30. The smallest absolute Gasteiger partial charge is 0.253 e. The summed E-state index contributed by atoms with van der Waals surface area (Å²) >= 11 is 0. The Bertz CT molecular complexity index is 693. The van der Waals surface area contributed by atoms with Gasteiger partial charge in [-0.2, -0.15) is 0 Å². The van der Waals surface area contributed by atoms with Gasteiger partial charge in [-0.3, -0.25) is 9.59 Å². The summed E-state index contributed by atoms with van der Waals surface area (Å²) in [6, 6.07) is 5.76. The van der Waals surface area contributed by atoms with Crippen molar-refractivity contribution in [3.05, 3.63) is 23.8 Å². The Morgan fingerprint density at radius 2 is 1.86 bits per heavy atom. The molecule has 1 aromatic carbocycles. The number of amides is 2. The largest absolute Gasteiger partial charge is 0.385 e. The Morgan fingerprint density at radius 3 is 2.55 bits per heavy atom. The number of nitrogens with one attached hydrogen (secondary N) is 2. The Morgan fingerprint density at radius 1 is 1.14 bits per heavy atom. The fraction of sp³-hybridized carbons (Fsp3) is 0.652. The molecule has 0 radical (unpaired) electrons. The summed E-state index contributed by atoms with van der Waals surface area (Å²) in [6.45, 7) is 5.39. The van der Waals surface area contributed by atoms with Crippen LogP contribution in [0.2, 0.25) is 0 Å². The fourth-order valence-electron chi connectivity index (χ4n) is 4.27. The predicted molar refractivity (Wildman–Crippen MR) is 116 cm³/mol. The summed E-state index contributed by atoms with van der Waals surface area (Å²) in [5.41, 5.74) is 2.30. The van der Waals surface area contributed by atoms with Crippen molar-refractivity contribution in [2.45, 2.75) is 51.9 Å². The van der Waals surface area contributed by atoms with Gasteiger partial charge >= 0.3 is 0 Å². The summed E-state index contributed by atoms with van der Waals surface area (Å²) in [5, 5.41) is 6.03. The van der Waals surface area contributed by atoms with Crippen molar-refractivity contribution in [1.82, 2.24) is 5.32 Å². The van der Waals surface area contributed by atoms with E-state index in [-0.39, 0.29) is 17.7 Å². The van der Waals surface area contributed by atoms with Gasteiger partial charge in [-0.15, -0.1) is 0 Å². The molecule has 2 N–H and O–H groups in total. The van der Waals surface area contributed by atoms with E-state index in [4.69, 9.17) is 4.74 Å². The van der Waals surface area contributed by atoms with Gasteiger partial charge in [0.1, 0.15) is 0 Å². The number of nitrogens with zero attached hydrogens (tertiary/aromatic N) is 1. The molecule has 1 saturated heterocycles. The van der Waals surface area contributed by atoms with Gasteiger partial charge in [0, 0.05) is 50.6 Å². The first-order chi connectivity index (χ1) is 14.1. The molecule has 1 aliphatic carbocycles. The molecule has 0 bridgehead atoms. The van der Waals surface area contributed by atoms with Crippen molar-refractivity contribution in [3.63, 3.8) is 0 Å². The maximum absolute atomic E-state index is 12.9. The van der Waals surface area contributed by atoms with E-state index in [9.17, 15) is 9.59 Å². The van der Waals surface area contributed by atoms with E-state index in [0.717, 1.165) is 69.6 Å². The van der Waals surface area contributed by atoms with E-state index in [0.29, 0.717) is 24.4 Å². The van der Waals surface area contributed by atoms with E-state index >= 15 is 0 Å². The molecule has 2 fully saturated rings. The lowest BCUT2D eigenvalue weighted by atomic mass is 9.97. The fourth-order valence-corrected chi connectivity index (χ4v) is 4.27. The number of carbonyl (C=O) groups is 2. The third-order valence-corrected chi connectivity index (χ3v) is 6.17. The molecule has 1 saturated carbocycles. The highest BCUT2D eigenvalue weighted by Gasteiger charge is 2.24. The highest BCUT2D eigenvalue weighted by molar-refractivity contribution is 6.02. The second kappa shape index (κ2) is 10.6. The van der Waals surface area contributed by atoms with Gasteiger partial charge in [0.05, 0.1) is 5.56 Å². The average Bonchev–Trinajstić information content (AvgIpc) is 3.27. The van der Waals surface area contributed by atoms with Crippen LogP contribution in [0.4, 0.5) is 11.4 Å². The molecule has 1 aromatic rings. The third-order valence-electron chi connectivity index (χ3n) is 6.17. The van der Waals surface area contributed by atoms with Crippen molar-refractivity contribution in [1.29, 1.82) is 0 Å². The first-order valence-corrected chi connectivity index (χ1v) is 11.1. The van der Waals surface area contributed by atoms with Gasteiger partial charge in [0.15, 0.2) is 0 Å².